The van der Waals surface area contributed by atoms with Crippen LogP contribution in [0.4, 0.5) is 4.79 Å². The van der Waals surface area contributed by atoms with E-state index in [-0.39, 0.29) is 17.9 Å². The van der Waals surface area contributed by atoms with Gasteiger partial charge in [-0.25, -0.2) is 15.0 Å². The molecule has 8 heteroatoms. The lowest BCUT2D eigenvalue weighted by Crippen LogP contribution is -2.27. The maximum absolute atomic E-state index is 12.3. The van der Waals surface area contributed by atoms with Crippen molar-refractivity contribution in [2.24, 2.45) is 10.8 Å². The highest BCUT2D eigenvalue weighted by Gasteiger charge is 2.17. The van der Waals surface area contributed by atoms with Crippen LogP contribution in [0.5, 0.6) is 5.75 Å². The lowest BCUT2D eigenvalue weighted by Gasteiger charge is -2.07. The minimum absolute atomic E-state index is 0.0774. The van der Waals surface area contributed by atoms with Crippen LogP contribution >= 0.6 is 0 Å². The summed E-state index contributed by atoms with van der Waals surface area (Å²) in [5.41, 5.74) is 7.29. The van der Waals surface area contributed by atoms with E-state index in [2.05, 4.69) is 5.10 Å². The maximum atomic E-state index is 12.3. The quantitative estimate of drug-likeness (QED) is 0.257. The summed E-state index contributed by atoms with van der Waals surface area (Å²) in [7, 11) is 1.52. The molecule has 1 aromatic carbocycles. The maximum Gasteiger partial charge on any atom is 0.340 e. The molecule has 0 bridgehead atoms. The van der Waals surface area contributed by atoms with Crippen molar-refractivity contribution in [2.45, 2.75) is 13.8 Å². The summed E-state index contributed by atoms with van der Waals surface area (Å²) in [4.78, 5) is 35.0. The predicted octanol–water partition coefficient (Wildman–Crippen LogP) is 1.41. The van der Waals surface area contributed by atoms with E-state index < -0.39 is 17.8 Å². The van der Waals surface area contributed by atoms with Crippen LogP contribution in [-0.4, -0.2) is 37.2 Å². The Labute approximate surface area is 139 Å². The summed E-state index contributed by atoms with van der Waals surface area (Å²) in [6, 6.07) is 5.49. The van der Waals surface area contributed by atoms with Crippen LogP contribution in [-0.2, 0) is 9.53 Å². The molecule has 1 aromatic rings. The van der Waals surface area contributed by atoms with Gasteiger partial charge in [0.25, 0.3) is 0 Å². The van der Waals surface area contributed by atoms with Gasteiger partial charge in [0.15, 0.2) is 5.78 Å². The van der Waals surface area contributed by atoms with E-state index in [1.165, 1.54) is 14.0 Å². The number of ether oxygens (including phenoxy) is 2. The van der Waals surface area contributed by atoms with Gasteiger partial charge in [-0.3, -0.25) is 4.79 Å². The summed E-state index contributed by atoms with van der Waals surface area (Å²) >= 11 is 0. The Balaban J connectivity index is 3.13. The summed E-state index contributed by atoms with van der Waals surface area (Å²) in [6.45, 7) is 3.21. The largest absolute Gasteiger partial charge is 0.497 e. The Bertz CT molecular complexity index is 677. The van der Waals surface area contributed by atoms with Gasteiger partial charge >= 0.3 is 12.0 Å². The fourth-order valence-corrected chi connectivity index (χ4v) is 1.69. The minimum Gasteiger partial charge on any atom is -0.497 e. The van der Waals surface area contributed by atoms with Gasteiger partial charge in [0.05, 0.1) is 25.0 Å². The third-order valence-corrected chi connectivity index (χ3v) is 2.87. The molecule has 24 heavy (non-hydrogen) atoms. The van der Waals surface area contributed by atoms with Crippen molar-refractivity contribution in [2.75, 3.05) is 13.7 Å². The third-order valence-electron chi connectivity index (χ3n) is 2.87. The molecule has 0 aliphatic heterocycles. The monoisotopic (exact) mass is 333 g/mol. The zero-order valence-electron chi connectivity index (χ0n) is 13.7. The summed E-state index contributed by atoms with van der Waals surface area (Å²) < 4.78 is 9.92. The topological polar surface area (TPSA) is 120 Å². The first-order chi connectivity index (χ1) is 11.4. The number of nitrogens with one attached hydrogen (secondary N) is 1. The van der Waals surface area contributed by atoms with Crippen molar-refractivity contribution < 1.29 is 23.9 Å². The number of hydrogen-bond acceptors (Lipinski definition) is 6. The number of nitrogens with zero attached hydrogens (tertiary/aromatic N) is 1. The van der Waals surface area contributed by atoms with Gasteiger partial charge in [-0.2, -0.15) is 5.10 Å². The van der Waals surface area contributed by atoms with Gasteiger partial charge in [-0.1, -0.05) is 0 Å². The number of hydrazone groups is 1. The summed E-state index contributed by atoms with van der Waals surface area (Å²) in [6.07, 6.45) is 1.10. The van der Waals surface area contributed by atoms with Crippen molar-refractivity contribution in [1.82, 2.24) is 5.43 Å². The third kappa shape index (κ3) is 5.56. The zero-order valence-corrected chi connectivity index (χ0v) is 13.7. The number of primary amides is 1. The molecular formula is C16H19N3O5. The fourth-order valence-electron chi connectivity index (χ4n) is 1.69. The lowest BCUT2D eigenvalue weighted by molar-refractivity contribution is -0.137. The van der Waals surface area contributed by atoms with E-state index in [1.54, 1.807) is 31.2 Å². The normalized spacial score (nSPS) is 11.6. The zero-order chi connectivity index (χ0) is 18.1. The van der Waals surface area contributed by atoms with E-state index in [9.17, 15) is 14.4 Å². The van der Waals surface area contributed by atoms with Gasteiger partial charge in [-0.15, -0.1) is 0 Å². The summed E-state index contributed by atoms with van der Waals surface area (Å²) in [5, 5.41) is 3.65. The Morgan fingerprint density at radius 1 is 1.25 bits per heavy atom. The van der Waals surface area contributed by atoms with Crippen LogP contribution < -0.4 is 15.9 Å². The van der Waals surface area contributed by atoms with Crippen LogP contribution in [0, 0.1) is 0 Å². The molecule has 128 valence electrons. The first kappa shape index (κ1) is 18.9. The number of carbonyl (C=O) groups is 3. The lowest BCUT2D eigenvalue weighted by atomic mass is 10.1. The van der Waals surface area contributed by atoms with E-state index in [0.717, 1.165) is 6.08 Å². The van der Waals surface area contributed by atoms with Gasteiger partial charge in [0.2, 0.25) is 0 Å². The molecule has 0 radical (unpaired) electrons. The SMILES string of the molecule is CCOC(=O)C(=C/C(=O)c1ccc(OC)cc1)/C(C)=N/NC(N)=O. The Morgan fingerprint density at radius 2 is 1.88 bits per heavy atom. The number of carbonyl (C=O) groups excluding carboxylic acids is 3. The number of rotatable bonds is 7. The second kappa shape index (κ2) is 9.09. The average Bonchev–Trinajstić information content (AvgIpc) is 2.57. The minimum atomic E-state index is -0.890. The van der Waals surface area contributed by atoms with Crippen molar-refractivity contribution in [1.29, 1.82) is 0 Å². The molecule has 0 aliphatic carbocycles. The molecule has 2 amide bonds. The molecular weight excluding hydrogens is 314 g/mol. The molecule has 1 rings (SSSR count). The molecule has 0 aliphatic rings. The highest BCUT2D eigenvalue weighted by Crippen LogP contribution is 2.13. The Hall–Kier alpha value is -3.16. The molecule has 0 unspecified atom stereocenters. The van der Waals surface area contributed by atoms with E-state index in [4.69, 9.17) is 15.2 Å². The molecule has 0 saturated heterocycles. The molecule has 8 nitrogen and oxygen atoms in total. The molecule has 0 aromatic heterocycles. The highest BCUT2D eigenvalue weighted by atomic mass is 16.5. The van der Waals surface area contributed by atoms with Crippen LogP contribution in [0.2, 0.25) is 0 Å². The van der Waals surface area contributed by atoms with Crippen molar-refractivity contribution in [3.63, 3.8) is 0 Å². The number of nitrogens with two attached hydrogens (primary N) is 1. The van der Waals surface area contributed by atoms with Crippen LogP contribution in [0.3, 0.4) is 0 Å². The summed E-state index contributed by atoms with van der Waals surface area (Å²) in [5.74, 6) is -0.550. The van der Waals surface area contributed by atoms with Crippen molar-refractivity contribution >= 4 is 23.5 Å². The number of allylic oxidation sites excluding steroid dienone is 1. The van der Waals surface area contributed by atoms with Crippen molar-refractivity contribution in [3.05, 3.63) is 41.5 Å². The fraction of sp³-hybridized carbons (Fsp3) is 0.250. The van der Waals surface area contributed by atoms with E-state index >= 15 is 0 Å². The number of ketones is 1. The first-order valence-electron chi connectivity index (χ1n) is 7.06. The number of urea groups is 1. The van der Waals surface area contributed by atoms with Gasteiger partial charge in [0.1, 0.15) is 5.75 Å². The highest BCUT2D eigenvalue weighted by molar-refractivity contribution is 6.23. The number of benzene rings is 1. The molecule has 0 heterocycles. The molecule has 3 N–H and O–H groups in total. The van der Waals surface area contributed by atoms with Crippen LogP contribution in [0.25, 0.3) is 0 Å². The smallest absolute Gasteiger partial charge is 0.340 e. The Morgan fingerprint density at radius 3 is 2.38 bits per heavy atom. The second-order valence-electron chi connectivity index (χ2n) is 4.54. The number of esters is 1. The number of methoxy groups -OCH3 is 1. The van der Waals surface area contributed by atoms with Gasteiger partial charge in [-0.05, 0) is 38.1 Å². The van der Waals surface area contributed by atoms with Gasteiger partial charge in [0, 0.05) is 11.6 Å². The predicted molar refractivity (Wildman–Crippen MR) is 87.9 cm³/mol. The number of hydrogen-bond donors (Lipinski definition) is 2. The van der Waals surface area contributed by atoms with Crippen molar-refractivity contribution in [3.8, 4) is 5.75 Å². The van der Waals surface area contributed by atoms with Gasteiger partial charge < -0.3 is 15.2 Å². The average molecular weight is 333 g/mol. The molecule has 0 spiro atoms. The number of amides is 2. The molecule has 0 saturated carbocycles. The van der Waals surface area contributed by atoms with Crippen LogP contribution in [0.15, 0.2) is 41.0 Å². The first-order valence-corrected chi connectivity index (χ1v) is 7.06. The standard InChI is InChI=1S/C16H19N3O5/c1-4-24-15(21)13(10(2)18-19-16(17)22)9-14(20)11-5-7-12(23-3)8-6-11/h5-9H,4H2,1-3H3,(H3,17,19,22)/b13-9+,18-10+. The van der Waals surface area contributed by atoms with E-state index in [0.29, 0.717) is 11.3 Å². The van der Waals surface area contributed by atoms with Crippen LogP contribution in [0.1, 0.15) is 24.2 Å². The molecule has 0 fully saturated rings. The molecule has 0 atom stereocenters. The Kier molecular flexibility index (Phi) is 7.15. The second-order valence-corrected chi connectivity index (χ2v) is 4.54. The van der Waals surface area contributed by atoms with E-state index in [1.807, 2.05) is 5.43 Å².